The molecule has 0 saturated carbocycles. The monoisotopic (exact) mass is 281 g/mol. The smallest absolute Gasteiger partial charge is 0.381 e. The molecule has 1 fully saturated rings. The Bertz CT molecular complexity index is 410. The molecule has 2 N–H and O–H groups in total. The van der Waals surface area contributed by atoms with E-state index in [1.54, 1.807) is 0 Å². The van der Waals surface area contributed by atoms with Crippen LogP contribution in [-0.2, 0) is 16.1 Å². The van der Waals surface area contributed by atoms with Crippen LogP contribution in [0.15, 0.2) is 4.52 Å². The maximum Gasteiger partial charge on any atom is 0.411 e. The fourth-order valence-corrected chi connectivity index (χ4v) is 1.74. The summed E-state index contributed by atoms with van der Waals surface area (Å²) in [6.45, 7) is -0.756. The summed E-state index contributed by atoms with van der Waals surface area (Å²) in [7, 11) is 0. The van der Waals surface area contributed by atoms with E-state index in [4.69, 9.17) is 15.0 Å². The van der Waals surface area contributed by atoms with Crippen molar-refractivity contribution in [2.75, 3.05) is 19.8 Å². The van der Waals surface area contributed by atoms with E-state index >= 15 is 0 Å². The van der Waals surface area contributed by atoms with Gasteiger partial charge < -0.3 is 19.7 Å². The third-order valence-corrected chi connectivity index (χ3v) is 2.71. The van der Waals surface area contributed by atoms with Gasteiger partial charge in [0, 0.05) is 12.6 Å². The number of alkyl halides is 3. The van der Waals surface area contributed by atoms with Gasteiger partial charge in [-0.25, -0.2) is 0 Å². The third kappa shape index (κ3) is 4.15. The summed E-state index contributed by atoms with van der Waals surface area (Å²) in [6, 6.07) is -0.154. The molecule has 0 radical (unpaired) electrons. The largest absolute Gasteiger partial charge is 0.411 e. The van der Waals surface area contributed by atoms with E-state index in [1.807, 2.05) is 0 Å². The molecule has 1 aromatic rings. The zero-order valence-corrected chi connectivity index (χ0v) is 10.0. The van der Waals surface area contributed by atoms with Crippen LogP contribution in [0.25, 0.3) is 0 Å². The average Bonchev–Trinajstić information content (AvgIpc) is 2.76. The second-order valence-corrected chi connectivity index (χ2v) is 4.29. The molecular weight excluding hydrogens is 267 g/mol. The molecule has 2 unspecified atom stereocenters. The van der Waals surface area contributed by atoms with E-state index < -0.39 is 12.8 Å². The standard InChI is InChI=1S/C10H14F3N3O3/c11-10(12,13)5-18-4-8-15-9(19-16-8)6-3-17-2-1-7(6)14/h6-7H,1-5,14H2. The second kappa shape index (κ2) is 5.85. The lowest BCUT2D eigenvalue weighted by atomic mass is 9.97. The van der Waals surface area contributed by atoms with E-state index in [0.29, 0.717) is 19.6 Å². The Kier molecular flexibility index (Phi) is 4.38. The van der Waals surface area contributed by atoms with Crippen LogP contribution in [0, 0.1) is 0 Å². The molecule has 0 spiro atoms. The molecule has 2 rings (SSSR count). The number of halogens is 3. The van der Waals surface area contributed by atoms with E-state index in [-0.39, 0.29) is 30.3 Å². The van der Waals surface area contributed by atoms with Gasteiger partial charge in [-0.1, -0.05) is 5.16 Å². The van der Waals surface area contributed by atoms with E-state index in [2.05, 4.69) is 14.9 Å². The van der Waals surface area contributed by atoms with Gasteiger partial charge in [0.15, 0.2) is 5.82 Å². The highest BCUT2D eigenvalue weighted by Gasteiger charge is 2.30. The lowest BCUT2D eigenvalue weighted by Gasteiger charge is -2.25. The van der Waals surface area contributed by atoms with Crippen molar-refractivity contribution in [2.24, 2.45) is 5.73 Å². The summed E-state index contributed by atoms with van der Waals surface area (Å²) in [5.74, 6) is 0.118. The fraction of sp³-hybridized carbons (Fsp3) is 0.800. The first-order valence-electron chi connectivity index (χ1n) is 5.76. The minimum atomic E-state index is -4.37. The van der Waals surface area contributed by atoms with Crippen molar-refractivity contribution in [3.63, 3.8) is 0 Å². The van der Waals surface area contributed by atoms with Crippen LogP contribution in [0.1, 0.15) is 24.1 Å². The Balaban J connectivity index is 1.88. The number of hydrogen-bond acceptors (Lipinski definition) is 6. The molecule has 1 aromatic heterocycles. The molecule has 1 aliphatic rings. The first-order valence-corrected chi connectivity index (χ1v) is 5.76. The van der Waals surface area contributed by atoms with Crippen molar-refractivity contribution < 1.29 is 27.2 Å². The minimum Gasteiger partial charge on any atom is -0.381 e. The van der Waals surface area contributed by atoms with Gasteiger partial charge >= 0.3 is 6.18 Å². The minimum absolute atomic E-state index is 0.0667. The van der Waals surface area contributed by atoms with Crippen LogP contribution in [0.5, 0.6) is 0 Å². The summed E-state index contributed by atoms with van der Waals surface area (Å²) in [4.78, 5) is 3.97. The van der Waals surface area contributed by atoms with E-state index in [9.17, 15) is 13.2 Å². The van der Waals surface area contributed by atoms with Crippen LogP contribution in [0.2, 0.25) is 0 Å². The van der Waals surface area contributed by atoms with Gasteiger partial charge in [0.1, 0.15) is 13.2 Å². The van der Waals surface area contributed by atoms with Crippen molar-refractivity contribution in [2.45, 2.75) is 31.2 Å². The second-order valence-electron chi connectivity index (χ2n) is 4.29. The zero-order valence-electron chi connectivity index (χ0n) is 10.0. The van der Waals surface area contributed by atoms with Crippen LogP contribution in [0.3, 0.4) is 0 Å². The molecule has 108 valence electrons. The zero-order chi connectivity index (χ0) is 13.9. The number of aromatic nitrogens is 2. The van der Waals surface area contributed by atoms with Crippen molar-refractivity contribution in [1.82, 2.24) is 10.1 Å². The third-order valence-electron chi connectivity index (χ3n) is 2.71. The van der Waals surface area contributed by atoms with Gasteiger partial charge in [-0.2, -0.15) is 18.2 Å². The Morgan fingerprint density at radius 3 is 2.89 bits per heavy atom. The highest BCUT2D eigenvalue weighted by molar-refractivity contribution is 5.00. The molecule has 0 aliphatic carbocycles. The maximum absolute atomic E-state index is 11.9. The Morgan fingerprint density at radius 2 is 2.21 bits per heavy atom. The number of rotatable bonds is 4. The van der Waals surface area contributed by atoms with Gasteiger partial charge in [-0.15, -0.1) is 0 Å². The molecule has 2 heterocycles. The van der Waals surface area contributed by atoms with Gasteiger partial charge in [0.25, 0.3) is 0 Å². The molecule has 1 aliphatic heterocycles. The molecule has 0 bridgehead atoms. The maximum atomic E-state index is 11.9. The van der Waals surface area contributed by atoms with Gasteiger partial charge in [-0.05, 0) is 6.42 Å². The van der Waals surface area contributed by atoms with Crippen LogP contribution in [0.4, 0.5) is 13.2 Å². The topological polar surface area (TPSA) is 83.4 Å². The van der Waals surface area contributed by atoms with Crippen LogP contribution >= 0.6 is 0 Å². The highest BCUT2D eigenvalue weighted by atomic mass is 19.4. The summed E-state index contributed by atoms with van der Waals surface area (Å²) in [5.41, 5.74) is 5.89. The predicted octanol–water partition coefficient (Wildman–Crippen LogP) is 0.980. The lowest BCUT2D eigenvalue weighted by Crippen LogP contribution is -2.37. The average molecular weight is 281 g/mol. The predicted molar refractivity (Wildman–Crippen MR) is 56.2 cm³/mol. The molecule has 19 heavy (non-hydrogen) atoms. The van der Waals surface area contributed by atoms with Crippen molar-refractivity contribution in [1.29, 1.82) is 0 Å². The van der Waals surface area contributed by atoms with Crippen LogP contribution in [-0.4, -0.2) is 42.2 Å². The Morgan fingerprint density at radius 1 is 1.42 bits per heavy atom. The quantitative estimate of drug-likeness (QED) is 0.885. The Labute approximate surface area is 107 Å². The fourth-order valence-electron chi connectivity index (χ4n) is 1.74. The number of nitrogens with zero attached hydrogens (tertiary/aromatic N) is 2. The lowest BCUT2D eigenvalue weighted by molar-refractivity contribution is -0.177. The summed E-state index contributed by atoms with van der Waals surface area (Å²) in [5, 5.41) is 3.56. The number of hydrogen-bond donors (Lipinski definition) is 1. The molecule has 9 heteroatoms. The Hall–Kier alpha value is -1.19. The summed E-state index contributed by atoms with van der Waals surface area (Å²) >= 11 is 0. The summed E-state index contributed by atoms with van der Waals surface area (Å²) in [6.07, 6.45) is -3.70. The highest BCUT2D eigenvalue weighted by Crippen LogP contribution is 2.23. The van der Waals surface area contributed by atoms with Crippen molar-refractivity contribution >= 4 is 0 Å². The molecule has 0 amide bonds. The number of ether oxygens (including phenoxy) is 2. The normalized spacial score (nSPS) is 24.6. The SMILES string of the molecule is NC1CCOCC1c1nc(COCC(F)(F)F)no1. The van der Waals surface area contributed by atoms with Gasteiger partial charge in [0.05, 0.1) is 12.5 Å². The number of nitrogens with two attached hydrogens (primary N) is 1. The molecule has 0 aromatic carbocycles. The molecule has 6 nitrogen and oxygen atoms in total. The van der Waals surface area contributed by atoms with E-state index in [0.717, 1.165) is 0 Å². The molecule has 1 saturated heterocycles. The van der Waals surface area contributed by atoms with Crippen molar-refractivity contribution in [3.05, 3.63) is 11.7 Å². The summed E-state index contributed by atoms with van der Waals surface area (Å²) < 4.78 is 50.3. The van der Waals surface area contributed by atoms with Gasteiger partial charge in [-0.3, -0.25) is 0 Å². The molecular formula is C10H14F3N3O3. The van der Waals surface area contributed by atoms with E-state index in [1.165, 1.54) is 0 Å². The van der Waals surface area contributed by atoms with Crippen molar-refractivity contribution in [3.8, 4) is 0 Å². The first-order chi connectivity index (χ1) is 8.96. The van der Waals surface area contributed by atoms with Gasteiger partial charge in [0.2, 0.25) is 5.89 Å². The molecule has 2 atom stereocenters. The van der Waals surface area contributed by atoms with Crippen LogP contribution < -0.4 is 5.73 Å². The first kappa shape index (κ1) is 14.2.